The SMILES string of the molecule is CCc1cc(N2CCC(Nc3ccc(S(N)(=O)=O)c(C(F)(F)F)c3)CC2)ncn1. The number of aryl methyl sites for hydroxylation is 1. The second-order valence-corrected chi connectivity index (χ2v) is 8.41. The first kappa shape index (κ1) is 21.3. The summed E-state index contributed by atoms with van der Waals surface area (Å²) in [5.41, 5.74) is -0.112. The maximum atomic E-state index is 13.3. The van der Waals surface area contributed by atoms with Crippen molar-refractivity contribution in [2.45, 2.75) is 43.3 Å². The molecule has 1 aromatic heterocycles. The molecule has 1 aromatic carbocycles. The van der Waals surface area contributed by atoms with Gasteiger partial charge >= 0.3 is 6.18 Å². The van der Waals surface area contributed by atoms with Gasteiger partial charge in [0.1, 0.15) is 12.1 Å². The Kier molecular flexibility index (Phi) is 5.99. The van der Waals surface area contributed by atoms with E-state index in [0.717, 1.165) is 30.1 Å². The van der Waals surface area contributed by atoms with E-state index in [2.05, 4.69) is 20.2 Å². The number of nitrogens with one attached hydrogen (secondary N) is 1. The summed E-state index contributed by atoms with van der Waals surface area (Å²) in [6.07, 6.45) is -1.09. The molecule has 0 radical (unpaired) electrons. The van der Waals surface area contributed by atoms with E-state index in [1.807, 2.05) is 13.0 Å². The molecule has 0 bridgehead atoms. The molecular formula is C18H22F3N5O2S. The number of rotatable bonds is 5. The third kappa shape index (κ3) is 5.15. The summed E-state index contributed by atoms with van der Waals surface area (Å²) in [7, 11) is -4.48. The number of hydrogen-bond donors (Lipinski definition) is 2. The molecule has 1 aliphatic rings. The van der Waals surface area contributed by atoms with Crippen LogP contribution < -0.4 is 15.4 Å². The van der Waals surface area contributed by atoms with Crippen molar-refractivity contribution >= 4 is 21.5 Å². The zero-order chi connectivity index (χ0) is 21.2. The van der Waals surface area contributed by atoms with Crippen LogP contribution in [0.3, 0.4) is 0 Å². The van der Waals surface area contributed by atoms with Crippen LogP contribution in [0.15, 0.2) is 35.5 Å². The molecule has 0 aliphatic carbocycles. The summed E-state index contributed by atoms with van der Waals surface area (Å²) in [5, 5.41) is 7.99. The van der Waals surface area contributed by atoms with Crippen LogP contribution in [0, 0.1) is 0 Å². The van der Waals surface area contributed by atoms with Gasteiger partial charge in [0.05, 0.1) is 10.5 Å². The molecule has 29 heavy (non-hydrogen) atoms. The second kappa shape index (κ2) is 8.15. The number of primary sulfonamides is 1. The van der Waals surface area contributed by atoms with Crippen LogP contribution in [0.2, 0.25) is 0 Å². The zero-order valence-electron chi connectivity index (χ0n) is 15.8. The molecule has 11 heteroatoms. The fourth-order valence-corrected chi connectivity index (χ4v) is 4.07. The first-order valence-corrected chi connectivity index (χ1v) is 10.7. The van der Waals surface area contributed by atoms with Gasteiger partial charge in [-0.25, -0.2) is 23.5 Å². The van der Waals surface area contributed by atoms with Crippen molar-refractivity contribution in [2.24, 2.45) is 5.14 Å². The highest BCUT2D eigenvalue weighted by Gasteiger charge is 2.36. The molecule has 1 saturated heterocycles. The maximum Gasteiger partial charge on any atom is 0.417 e. The average molecular weight is 429 g/mol. The number of aromatic nitrogens is 2. The Morgan fingerprint density at radius 2 is 1.90 bits per heavy atom. The number of alkyl halides is 3. The quantitative estimate of drug-likeness (QED) is 0.758. The van der Waals surface area contributed by atoms with Crippen molar-refractivity contribution in [2.75, 3.05) is 23.3 Å². The predicted octanol–water partition coefficient (Wildman–Crippen LogP) is 2.79. The van der Waals surface area contributed by atoms with Crippen molar-refractivity contribution in [3.05, 3.63) is 41.9 Å². The van der Waals surface area contributed by atoms with Crippen molar-refractivity contribution in [3.63, 3.8) is 0 Å². The topological polar surface area (TPSA) is 101 Å². The van der Waals surface area contributed by atoms with Crippen LogP contribution in [0.25, 0.3) is 0 Å². The number of anilines is 2. The Bertz CT molecular complexity index is 974. The van der Waals surface area contributed by atoms with Gasteiger partial charge in [-0.1, -0.05) is 6.92 Å². The summed E-state index contributed by atoms with van der Waals surface area (Å²) >= 11 is 0. The Hall–Kier alpha value is -2.40. The number of halogens is 3. The van der Waals surface area contributed by atoms with Crippen LogP contribution in [0.1, 0.15) is 31.0 Å². The first-order valence-electron chi connectivity index (χ1n) is 9.14. The molecule has 2 heterocycles. The van der Waals surface area contributed by atoms with Gasteiger partial charge < -0.3 is 10.2 Å². The Morgan fingerprint density at radius 3 is 2.48 bits per heavy atom. The molecule has 0 unspecified atom stereocenters. The highest BCUT2D eigenvalue weighted by Crippen LogP contribution is 2.36. The fraction of sp³-hybridized carbons (Fsp3) is 0.444. The number of piperidine rings is 1. The van der Waals surface area contributed by atoms with E-state index >= 15 is 0 Å². The standard InChI is InChI=1S/C18H22F3N5O2S/c1-2-12-10-17(24-11-23-12)26-7-5-13(6-8-26)25-14-3-4-16(29(22,27)28)15(9-14)18(19,20)21/h3-4,9-11,13,25H,2,5-8H2,1H3,(H2,22,27,28). The monoisotopic (exact) mass is 429 g/mol. The molecule has 158 valence electrons. The Labute approximate surface area is 167 Å². The van der Waals surface area contributed by atoms with Crippen molar-refractivity contribution in [1.82, 2.24) is 9.97 Å². The van der Waals surface area contributed by atoms with Crippen molar-refractivity contribution in [3.8, 4) is 0 Å². The molecule has 0 atom stereocenters. The minimum Gasteiger partial charge on any atom is -0.382 e. The van der Waals surface area contributed by atoms with Gasteiger partial charge in [0.25, 0.3) is 0 Å². The van der Waals surface area contributed by atoms with Gasteiger partial charge in [0, 0.05) is 36.6 Å². The highest BCUT2D eigenvalue weighted by molar-refractivity contribution is 7.89. The number of sulfonamides is 1. The summed E-state index contributed by atoms with van der Waals surface area (Å²) in [6.45, 7) is 3.40. The molecule has 1 aliphatic heterocycles. The number of nitrogens with zero attached hydrogens (tertiary/aromatic N) is 3. The molecule has 3 N–H and O–H groups in total. The lowest BCUT2D eigenvalue weighted by Gasteiger charge is -2.33. The smallest absolute Gasteiger partial charge is 0.382 e. The fourth-order valence-electron chi connectivity index (χ4n) is 3.33. The highest BCUT2D eigenvalue weighted by atomic mass is 32.2. The van der Waals surface area contributed by atoms with E-state index in [0.29, 0.717) is 25.9 Å². The van der Waals surface area contributed by atoms with Crippen LogP contribution in [-0.2, 0) is 22.6 Å². The number of benzene rings is 1. The Morgan fingerprint density at radius 1 is 1.21 bits per heavy atom. The lowest BCUT2D eigenvalue weighted by Crippen LogP contribution is -2.39. The normalized spacial score (nSPS) is 16.1. The van der Waals surface area contributed by atoms with Crippen LogP contribution in [-0.4, -0.2) is 37.5 Å². The minimum absolute atomic E-state index is 0.0415. The molecule has 0 amide bonds. The first-order chi connectivity index (χ1) is 13.6. The molecule has 0 spiro atoms. The van der Waals surface area contributed by atoms with Gasteiger partial charge in [0.15, 0.2) is 0 Å². The summed E-state index contributed by atoms with van der Waals surface area (Å²) in [4.78, 5) is 9.66. The van der Waals surface area contributed by atoms with Gasteiger partial charge in [-0.05, 0) is 37.5 Å². The molecule has 3 rings (SSSR count). The van der Waals surface area contributed by atoms with Gasteiger partial charge in [0.2, 0.25) is 10.0 Å². The van der Waals surface area contributed by atoms with Crippen molar-refractivity contribution in [1.29, 1.82) is 0 Å². The van der Waals surface area contributed by atoms with E-state index in [1.165, 1.54) is 12.4 Å². The predicted molar refractivity (Wildman–Crippen MR) is 103 cm³/mol. The van der Waals surface area contributed by atoms with Gasteiger partial charge in [-0.2, -0.15) is 13.2 Å². The molecule has 7 nitrogen and oxygen atoms in total. The molecule has 2 aromatic rings. The van der Waals surface area contributed by atoms with E-state index in [-0.39, 0.29) is 11.7 Å². The van der Waals surface area contributed by atoms with Crippen LogP contribution in [0.4, 0.5) is 24.7 Å². The lowest BCUT2D eigenvalue weighted by atomic mass is 10.0. The second-order valence-electron chi connectivity index (χ2n) is 6.88. The Balaban J connectivity index is 1.70. The number of nitrogens with two attached hydrogens (primary N) is 1. The van der Waals surface area contributed by atoms with Crippen LogP contribution >= 0.6 is 0 Å². The van der Waals surface area contributed by atoms with E-state index in [9.17, 15) is 21.6 Å². The van der Waals surface area contributed by atoms with Crippen LogP contribution in [0.5, 0.6) is 0 Å². The van der Waals surface area contributed by atoms with E-state index in [1.54, 1.807) is 0 Å². The average Bonchev–Trinajstić information content (AvgIpc) is 2.67. The zero-order valence-corrected chi connectivity index (χ0v) is 16.6. The summed E-state index contributed by atoms with van der Waals surface area (Å²) in [6, 6.07) is 4.89. The number of hydrogen-bond acceptors (Lipinski definition) is 6. The maximum absolute atomic E-state index is 13.3. The van der Waals surface area contributed by atoms with E-state index in [4.69, 9.17) is 5.14 Å². The molecular weight excluding hydrogens is 407 g/mol. The lowest BCUT2D eigenvalue weighted by molar-refractivity contribution is -0.139. The van der Waals surface area contributed by atoms with Gasteiger partial charge in [-0.15, -0.1) is 0 Å². The molecule has 1 fully saturated rings. The third-order valence-electron chi connectivity index (χ3n) is 4.85. The van der Waals surface area contributed by atoms with Crippen molar-refractivity contribution < 1.29 is 21.6 Å². The third-order valence-corrected chi connectivity index (χ3v) is 5.82. The summed E-state index contributed by atoms with van der Waals surface area (Å²) in [5.74, 6) is 0.840. The summed E-state index contributed by atoms with van der Waals surface area (Å²) < 4.78 is 62.7. The largest absolute Gasteiger partial charge is 0.417 e. The van der Waals surface area contributed by atoms with Gasteiger partial charge in [-0.3, -0.25) is 0 Å². The minimum atomic E-state index is -4.83. The molecule has 0 saturated carbocycles. The van der Waals surface area contributed by atoms with E-state index < -0.39 is 26.7 Å².